The highest BCUT2D eigenvalue weighted by molar-refractivity contribution is 5.98. The van der Waals surface area contributed by atoms with E-state index in [2.05, 4.69) is 31.0 Å². The lowest BCUT2D eigenvalue weighted by molar-refractivity contribution is -0.196. The number of nitriles is 2. The van der Waals surface area contributed by atoms with Gasteiger partial charge in [-0.25, -0.2) is 4.99 Å². The van der Waals surface area contributed by atoms with Crippen LogP contribution in [0.25, 0.3) is 0 Å². The molecule has 0 radical (unpaired) electrons. The Morgan fingerprint density at radius 2 is 2.05 bits per heavy atom. The quantitative estimate of drug-likeness (QED) is 0.848. The maximum atomic E-state index is 9.91. The van der Waals surface area contributed by atoms with Crippen molar-refractivity contribution < 1.29 is 9.47 Å². The molecule has 1 spiro atoms. The lowest BCUT2D eigenvalue weighted by atomic mass is 9.89. The Morgan fingerprint density at radius 1 is 1.38 bits per heavy atom. The van der Waals surface area contributed by atoms with Crippen molar-refractivity contribution >= 4 is 5.84 Å². The van der Waals surface area contributed by atoms with Gasteiger partial charge in [-0.3, -0.25) is 0 Å². The van der Waals surface area contributed by atoms with Crippen LogP contribution in [0.4, 0.5) is 0 Å². The van der Waals surface area contributed by atoms with E-state index in [0.29, 0.717) is 6.61 Å². The Balaban J connectivity index is 2.15. The Bertz CT molecular complexity index is 587. The number of hydrogen-bond donors (Lipinski definition) is 1. The van der Waals surface area contributed by atoms with Gasteiger partial charge in [-0.1, -0.05) is 26.7 Å². The molecule has 2 fully saturated rings. The van der Waals surface area contributed by atoms with Crippen LogP contribution in [0.3, 0.4) is 0 Å². The zero-order valence-electron chi connectivity index (χ0n) is 12.6. The molecule has 3 aliphatic rings. The first-order valence-electron chi connectivity index (χ1n) is 7.49. The van der Waals surface area contributed by atoms with E-state index in [-0.39, 0.29) is 23.8 Å². The van der Waals surface area contributed by atoms with Crippen molar-refractivity contribution in [3.05, 3.63) is 0 Å². The smallest absolute Gasteiger partial charge is 0.293 e. The molecule has 21 heavy (non-hydrogen) atoms. The molecule has 0 aromatic carbocycles. The molecular weight excluding hydrogens is 268 g/mol. The summed E-state index contributed by atoms with van der Waals surface area (Å²) in [5.74, 6) is -1.16. The minimum atomic E-state index is -1.39. The molecule has 2 N–H and O–H groups in total. The first-order valence-corrected chi connectivity index (χ1v) is 7.49. The van der Waals surface area contributed by atoms with E-state index in [1.807, 2.05) is 6.92 Å². The van der Waals surface area contributed by atoms with Gasteiger partial charge in [-0.2, -0.15) is 10.5 Å². The van der Waals surface area contributed by atoms with Crippen LogP contribution in [-0.2, 0) is 9.47 Å². The van der Waals surface area contributed by atoms with Gasteiger partial charge in [0.2, 0.25) is 0 Å². The summed E-state index contributed by atoms with van der Waals surface area (Å²) in [6.45, 7) is 6.36. The van der Waals surface area contributed by atoms with Crippen LogP contribution < -0.4 is 5.73 Å². The summed E-state index contributed by atoms with van der Waals surface area (Å²) in [5, 5.41) is 19.7. The fraction of sp³-hybridized carbons (Fsp3) is 0.800. The highest BCUT2D eigenvalue weighted by atomic mass is 16.8. The Hall–Kier alpha value is -1.63. The summed E-state index contributed by atoms with van der Waals surface area (Å²) < 4.78 is 11.6. The van der Waals surface area contributed by atoms with Crippen molar-refractivity contribution in [1.82, 2.24) is 0 Å². The predicted octanol–water partition coefficient (Wildman–Crippen LogP) is 1.53. The topological polar surface area (TPSA) is 104 Å². The third kappa shape index (κ3) is 1.27. The monoisotopic (exact) mass is 288 g/mol. The zero-order chi connectivity index (χ0) is 15.5. The summed E-state index contributed by atoms with van der Waals surface area (Å²) >= 11 is 0. The van der Waals surface area contributed by atoms with E-state index in [0.717, 1.165) is 12.8 Å². The Kier molecular flexibility index (Phi) is 2.86. The van der Waals surface area contributed by atoms with Crippen LogP contribution in [0.5, 0.6) is 0 Å². The SMILES string of the molecule is CCC(CC)[C@H]1[C@@]2(C#N)[C@@]3(N=C(N)[C@@]12C#N)OC[C@H](C)O3. The van der Waals surface area contributed by atoms with E-state index in [4.69, 9.17) is 15.2 Å². The standard InChI is InChI=1S/C15H20N4O2/c1-4-10(5-2)11-13(7-16)12(18)19-15(14(11,13)8-17)20-6-9(3)21-15/h9-11H,4-6H2,1-3H3,(H2,18,19)/t9-,11+,13+,14+,15+/m0/s1. The van der Waals surface area contributed by atoms with Gasteiger partial charge in [0, 0.05) is 5.92 Å². The van der Waals surface area contributed by atoms with Crippen LogP contribution in [-0.4, -0.2) is 24.5 Å². The summed E-state index contributed by atoms with van der Waals surface area (Å²) in [5.41, 5.74) is 3.90. The molecule has 0 aromatic rings. The zero-order valence-corrected chi connectivity index (χ0v) is 12.6. The number of aliphatic imine (C=N–C) groups is 1. The van der Waals surface area contributed by atoms with Crippen LogP contribution >= 0.6 is 0 Å². The molecule has 6 heteroatoms. The van der Waals surface area contributed by atoms with Crippen molar-refractivity contribution in [2.45, 2.75) is 45.6 Å². The fourth-order valence-electron chi connectivity index (χ4n) is 4.39. The number of rotatable bonds is 3. The highest BCUT2D eigenvalue weighted by Gasteiger charge is 2.94. The molecule has 2 heterocycles. The molecule has 1 saturated heterocycles. The van der Waals surface area contributed by atoms with E-state index >= 15 is 0 Å². The molecule has 1 aliphatic carbocycles. The van der Waals surface area contributed by atoms with Crippen LogP contribution in [0.15, 0.2) is 4.99 Å². The normalized spacial score (nSPS) is 47.0. The first-order chi connectivity index (χ1) is 9.99. The predicted molar refractivity (Wildman–Crippen MR) is 74.5 cm³/mol. The van der Waals surface area contributed by atoms with Crippen molar-refractivity contribution in [3.63, 3.8) is 0 Å². The van der Waals surface area contributed by atoms with Crippen molar-refractivity contribution in [1.29, 1.82) is 10.5 Å². The minimum absolute atomic E-state index is 0.163. The van der Waals surface area contributed by atoms with E-state index in [9.17, 15) is 10.5 Å². The molecule has 2 aliphatic heterocycles. The van der Waals surface area contributed by atoms with Gasteiger partial charge in [0.1, 0.15) is 11.3 Å². The third-order valence-electron chi connectivity index (χ3n) is 5.39. The average Bonchev–Trinajstić information content (AvgIpc) is 2.84. The molecule has 0 aromatic heterocycles. The van der Waals surface area contributed by atoms with Crippen LogP contribution in [0.2, 0.25) is 0 Å². The number of fused-ring (bicyclic) bond motifs is 2. The van der Waals surface area contributed by atoms with Crippen molar-refractivity contribution in [2.75, 3.05) is 6.61 Å². The summed E-state index contributed by atoms with van der Waals surface area (Å²) in [4.78, 5) is 4.29. The molecule has 3 rings (SSSR count). The van der Waals surface area contributed by atoms with E-state index in [1.54, 1.807) is 0 Å². The van der Waals surface area contributed by atoms with Gasteiger partial charge < -0.3 is 15.2 Å². The number of amidine groups is 1. The van der Waals surface area contributed by atoms with Gasteiger partial charge in [-0.15, -0.1) is 0 Å². The second kappa shape index (κ2) is 4.19. The second-order valence-corrected chi connectivity index (χ2v) is 6.21. The number of nitrogens with two attached hydrogens (primary N) is 1. The molecular formula is C15H20N4O2. The lowest BCUT2D eigenvalue weighted by Crippen LogP contribution is -2.40. The maximum Gasteiger partial charge on any atom is 0.293 e. The molecule has 0 unspecified atom stereocenters. The van der Waals surface area contributed by atoms with Crippen molar-refractivity contribution in [3.8, 4) is 12.1 Å². The average molecular weight is 288 g/mol. The largest absolute Gasteiger partial charge is 0.386 e. The van der Waals surface area contributed by atoms with Gasteiger partial charge in [0.15, 0.2) is 5.41 Å². The maximum absolute atomic E-state index is 9.91. The first kappa shape index (κ1) is 14.3. The number of nitrogens with zero attached hydrogens (tertiary/aromatic N) is 3. The van der Waals surface area contributed by atoms with Crippen LogP contribution in [0.1, 0.15) is 33.6 Å². The molecule has 6 nitrogen and oxygen atoms in total. The summed E-state index contributed by atoms with van der Waals surface area (Å²) in [6, 6.07) is 4.60. The number of ether oxygens (including phenoxy) is 2. The van der Waals surface area contributed by atoms with Gasteiger partial charge in [-0.05, 0) is 12.8 Å². The minimum Gasteiger partial charge on any atom is -0.386 e. The molecule has 5 atom stereocenters. The fourth-order valence-corrected chi connectivity index (χ4v) is 4.39. The molecule has 112 valence electrons. The van der Waals surface area contributed by atoms with Gasteiger partial charge in [0.05, 0.1) is 24.8 Å². The van der Waals surface area contributed by atoms with E-state index < -0.39 is 16.7 Å². The van der Waals surface area contributed by atoms with Crippen molar-refractivity contribution in [2.24, 2.45) is 33.4 Å². The third-order valence-corrected chi connectivity index (χ3v) is 5.39. The second-order valence-electron chi connectivity index (χ2n) is 6.21. The number of hydrogen-bond acceptors (Lipinski definition) is 6. The van der Waals surface area contributed by atoms with Crippen LogP contribution in [0, 0.1) is 45.3 Å². The lowest BCUT2D eigenvalue weighted by Gasteiger charge is -2.28. The van der Waals surface area contributed by atoms with E-state index in [1.165, 1.54) is 0 Å². The van der Waals surface area contributed by atoms with Gasteiger partial charge in [0.25, 0.3) is 5.91 Å². The molecule has 0 bridgehead atoms. The molecule has 0 amide bonds. The highest BCUT2D eigenvalue weighted by Crippen LogP contribution is 2.81. The summed E-state index contributed by atoms with van der Waals surface area (Å²) in [6.07, 6.45) is 1.60. The summed E-state index contributed by atoms with van der Waals surface area (Å²) in [7, 11) is 0. The Labute approximate surface area is 124 Å². The van der Waals surface area contributed by atoms with Gasteiger partial charge >= 0.3 is 0 Å². The Morgan fingerprint density at radius 3 is 2.48 bits per heavy atom. The molecule has 1 saturated carbocycles.